The van der Waals surface area contributed by atoms with Crippen LogP contribution in [-0.4, -0.2) is 35.1 Å². The highest BCUT2D eigenvalue weighted by atomic mass is 79.9. The summed E-state index contributed by atoms with van der Waals surface area (Å²) in [6, 6.07) is 8.94. The zero-order valence-electron chi connectivity index (χ0n) is 10.8. The third-order valence-corrected chi connectivity index (χ3v) is 6.77. The molecule has 3 unspecified atom stereocenters. The van der Waals surface area contributed by atoms with E-state index < -0.39 is 0 Å². The van der Waals surface area contributed by atoms with Gasteiger partial charge in [0, 0.05) is 34.5 Å². The van der Waals surface area contributed by atoms with E-state index in [0.29, 0.717) is 0 Å². The molecule has 0 aliphatic carbocycles. The molecule has 0 bridgehead atoms. The molecule has 98 valence electrons. The van der Waals surface area contributed by atoms with Crippen molar-refractivity contribution in [2.75, 3.05) is 25.4 Å². The summed E-state index contributed by atoms with van der Waals surface area (Å²) in [5, 5.41) is 0. The molecule has 1 aromatic rings. The fourth-order valence-electron chi connectivity index (χ4n) is 3.06. The number of rotatable bonds is 2. The normalized spacial score (nSPS) is 32.4. The van der Waals surface area contributed by atoms with Crippen molar-refractivity contribution in [2.45, 2.75) is 29.0 Å². The molecule has 1 fully saturated rings. The number of nitrogens with zero attached hydrogens (tertiary/aromatic N) is 1. The fourth-order valence-corrected chi connectivity index (χ4v) is 4.68. The molecular weight excluding hydrogens is 306 g/mol. The standard InChI is InChI=1S/C15H20BrNS/c1-11-8-17(7-6-14(11)16)9-12-10-18-15-5-3-2-4-13(12)15/h2-5,11-12,14H,6-10H2,1H3. The van der Waals surface area contributed by atoms with Crippen molar-refractivity contribution in [1.29, 1.82) is 0 Å². The molecule has 1 saturated heterocycles. The van der Waals surface area contributed by atoms with E-state index in [1.165, 1.54) is 36.7 Å². The Labute approximate surface area is 122 Å². The lowest BCUT2D eigenvalue weighted by atomic mass is 9.96. The van der Waals surface area contributed by atoms with Gasteiger partial charge in [0.25, 0.3) is 0 Å². The SMILES string of the molecule is CC1CN(CC2CSc3ccccc32)CCC1Br. The van der Waals surface area contributed by atoms with Crippen LogP contribution in [0.4, 0.5) is 0 Å². The third kappa shape index (κ3) is 2.63. The molecule has 18 heavy (non-hydrogen) atoms. The van der Waals surface area contributed by atoms with Crippen LogP contribution >= 0.6 is 27.7 Å². The van der Waals surface area contributed by atoms with Crippen LogP contribution in [0.15, 0.2) is 29.2 Å². The van der Waals surface area contributed by atoms with Crippen molar-refractivity contribution >= 4 is 27.7 Å². The predicted molar refractivity (Wildman–Crippen MR) is 82.8 cm³/mol. The smallest absolute Gasteiger partial charge is 0.0195 e. The van der Waals surface area contributed by atoms with Crippen LogP contribution in [0, 0.1) is 5.92 Å². The average molecular weight is 326 g/mol. The minimum atomic E-state index is 0.721. The molecule has 1 nitrogen and oxygen atoms in total. The van der Waals surface area contributed by atoms with Crippen molar-refractivity contribution in [2.24, 2.45) is 5.92 Å². The van der Waals surface area contributed by atoms with Gasteiger partial charge < -0.3 is 4.90 Å². The number of likely N-dealkylation sites (tertiary alicyclic amines) is 1. The molecule has 0 radical (unpaired) electrons. The molecule has 0 amide bonds. The fraction of sp³-hybridized carbons (Fsp3) is 0.600. The number of fused-ring (bicyclic) bond motifs is 1. The van der Waals surface area contributed by atoms with Gasteiger partial charge >= 0.3 is 0 Å². The number of alkyl halides is 1. The van der Waals surface area contributed by atoms with Gasteiger partial charge in [0.15, 0.2) is 0 Å². The summed E-state index contributed by atoms with van der Waals surface area (Å²) in [4.78, 5) is 4.89. The number of hydrogen-bond acceptors (Lipinski definition) is 2. The van der Waals surface area contributed by atoms with E-state index in [2.05, 4.69) is 52.0 Å². The summed E-state index contributed by atoms with van der Waals surface area (Å²) >= 11 is 5.82. The molecule has 0 saturated carbocycles. The monoisotopic (exact) mass is 325 g/mol. The van der Waals surface area contributed by atoms with Gasteiger partial charge in [-0.3, -0.25) is 0 Å². The van der Waals surface area contributed by atoms with Crippen LogP contribution in [0.5, 0.6) is 0 Å². The number of piperidine rings is 1. The van der Waals surface area contributed by atoms with Gasteiger partial charge in [-0.1, -0.05) is 41.1 Å². The van der Waals surface area contributed by atoms with Gasteiger partial charge in [-0.25, -0.2) is 0 Å². The van der Waals surface area contributed by atoms with Gasteiger partial charge in [0.1, 0.15) is 0 Å². The molecule has 3 heteroatoms. The lowest BCUT2D eigenvalue weighted by Gasteiger charge is -2.35. The molecule has 0 N–H and O–H groups in total. The second-order valence-electron chi connectivity index (χ2n) is 5.59. The second-order valence-corrected chi connectivity index (χ2v) is 7.83. The lowest BCUT2D eigenvalue weighted by Crippen LogP contribution is -2.41. The van der Waals surface area contributed by atoms with Crippen LogP contribution < -0.4 is 0 Å². The Morgan fingerprint density at radius 2 is 2.22 bits per heavy atom. The summed E-state index contributed by atoms with van der Waals surface area (Å²) < 4.78 is 0. The van der Waals surface area contributed by atoms with Crippen LogP contribution in [0.1, 0.15) is 24.8 Å². The van der Waals surface area contributed by atoms with E-state index in [-0.39, 0.29) is 0 Å². The zero-order chi connectivity index (χ0) is 12.5. The van der Waals surface area contributed by atoms with Crippen LogP contribution in [0.25, 0.3) is 0 Å². The van der Waals surface area contributed by atoms with Crippen LogP contribution in [-0.2, 0) is 0 Å². The van der Waals surface area contributed by atoms with E-state index >= 15 is 0 Å². The highest BCUT2D eigenvalue weighted by molar-refractivity contribution is 9.09. The van der Waals surface area contributed by atoms with Gasteiger partial charge in [0.2, 0.25) is 0 Å². The topological polar surface area (TPSA) is 3.24 Å². The van der Waals surface area contributed by atoms with Crippen molar-refractivity contribution in [1.82, 2.24) is 4.90 Å². The Morgan fingerprint density at radius 1 is 1.39 bits per heavy atom. The number of thioether (sulfide) groups is 1. The molecule has 1 aromatic carbocycles. The van der Waals surface area contributed by atoms with E-state index in [9.17, 15) is 0 Å². The van der Waals surface area contributed by atoms with Crippen molar-refractivity contribution < 1.29 is 0 Å². The highest BCUT2D eigenvalue weighted by Crippen LogP contribution is 2.40. The molecule has 0 aromatic heterocycles. The molecule has 3 atom stereocenters. The van der Waals surface area contributed by atoms with Crippen LogP contribution in [0.2, 0.25) is 0 Å². The van der Waals surface area contributed by atoms with Gasteiger partial charge in [0.05, 0.1) is 0 Å². The Morgan fingerprint density at radius 3 is 3.06 bits per heavy atom. The Bertz CT molecular complexity index is 423. The van der Waals surface area contributed by atoms with E-state index in [1.54, 1.807) is 5.56 Å². The first kappa shape index (κ1) is 13.0. The van der Waals surface area contributed by atoms with E-state index in [4.69, 9.17) is 0 Å². The molecule has 2 aliphatic heterocycles. The maximum absolute atomic E-state index is 3.79. The summed E-state index contributed by atoms with van der Waals surface area (Å²) in [6.07, 6.45) is 1.29. The largest absolute Gasteiger partial charge is 0.302 e. The summed E-state index contributed by atoms with van der Waals surface area (Å²) in [7, 11) is 0. The van der Waals surface area contributed by atoms with Gasteiger partial charge in [-0.2, -0.15) is 0 Å². The maximum atomic E-state index is 3.79. The summed E-state index contributed by atoms with van der Waals surface area (Å²) in [6.45, 7) is 6.11. The minimum Gasteiger partial charge on any atom is -0.302 e. The van der Waals surface area contributed by atoms with E-state index in [1.807, 2.05) is 11.8 Å². The zero-order valence-corrected chi connectivity index (χ0v) is 13.2. The summed E-state index contributed by atoms with van der Waals surface area (Å²) in [5.74, 6) is 2.79. The molecular formula is C15H20BrNS. The quantitative estimate of drug-likeness (QED) is 0.756. The Hall–Kier alpha value is 0.01000. The van der Waals surface area contributed by atoms with E-state index in [0.717, 1.165) is 16.7 Å². The molecule has 3 rings (SSSR count). The Kier molecular flexibility index (Phi) is 4.02. The van der Waals surface area contributed by atoms with Crippen LogP contribution in [0.3, 0.4) is 0 Å². The molecule has 0 spiro atoms. The number of halogens is 1. The maximum Gasteiger partial charge on any atom is 0.0195 e. The first-order valence-electron chi connectivity index (χ1n) is 6.82. The van der Waals surface area contributed by atoms with Crippen molar-refractivity contribution in [3.63, 3.8) is 0 Å². The summed E-state index contributed by atoms with van der Waals surface area (Å²) in [5.41, 5.74) is 1.58. The molecule has 2 heterocycles. The average Bonchev–Trinajstić information content (AvgIpc) is 2.78. The van der Waals surface area contributed by atoms with Gasteiger partial charge in [-0.15, -0.1) is 11.8 Å². The number of benzene rings is 1. The first-order chi connectivity index (χ1) is 8.74. The highest BCUT2D eigenvalue weighted by Gasteiger charge is 2.29. The molecule has 2 aliphatic rings. The minimum absolute atomic E-state index is 0.721. The van der Waals surface area contributed by atoms with Gasteiger partial charge in [-0.05, 0) is 30.5 Å². The lowest BCUT2D eigenvalue weighted by molar-refractivity contribution is 0.184. The third-order valence-electron chi connectivity index (χ3n) is 4.16. The Balaban J connectivity index is 1.65. The first-order valence-corrected chi connectivity index (χ1v) is 8.72. The predicted octanol–water partition coefficient (Wildman–Crippen LogP) is 3.98. The number of hydrogen-bond donors (Lipinski definition) is 0. The van der Waals surface area contributed by atoms with Crippen molar-refractivity contribution in [3.05, 3.63) is 29.8 Å². The van der Waals surface area contributed by atoms with Crippen molar-refractivity contribution in [3.8, 4) is 0 Å². The second kappa shape index (κ2) is 5.56.